The molecule has 1 fully saturated rings. The van der Waals surface area contributed by atoms with Crippen LogP contribution in [0.1, 0.15) is 11.1 Å². The Kier molecular flexibility index (Phi) is 14.5. The van der Waals surface area contributed by atoms with Crippen molar-refractivity contribution in [3.63, 3.8) is 0 Å². The van der Waals surface area contributed by atoms with Crippen molar-refractivity contribution < 1.29 is 99.3 Å². The number of halogens is 1. The van der Waals surface area contributed by atoms with Crippen molar-refractivity contribution in [2.45, 2.75) is 9.79 Å². The number of aromatic nitrogens is 6. The summed E-state index contributed by atoms with van der Waals surface area (Å²) in [6.45, 7) is 2.02. The first-order chi connectivity index (χ1) is 22.3. The van der Waals surface area contributed by atoms with Gasteiger partial charge in [-0.15, -0.1) is 0 Å². The van der Waals surface area contributed by atoms with Gasteiger partial charge < -0.3 is 38.8 Å². The quantitative estimate of drug-likeness (QED) is 0.0843. The summed E-state index contributed by atoms with van der Waals surface area (Å²) in [5.74, 6) is 0.236. The first-order valence-electron chi connectivity index (χ1n) is 13.3. The average Bonchev–Trinajstić information content (AvgIpc) is 3.03. The molecule has 248 valence electrons. The number of ether oxygens (including phenoxy) is 3. The Morgan fingerprint density at radius 1 is 0.755 bits per heavy atom. The van der Waals surface area contributed by atoms with Crippen LogP contribution in [0.4, 0.5) is 29.2 Å². The molecule has 0 amide bonds. The van der Waals surface area contributed by atoms with Crippen LogP contribution in [0.2, 0.25) is 5.28 Å². The van der Waals surface area contributed by atoms with Crippen molar-refractivity contribution in [3.8, 4) is 12.0 Å². The maximum absolute atomic E-state index is 12.3. The van der Waals surface area contributed by atoms with Gasteiger partial charge in [0.15, 0.2) is 0 Å². The summed E-state index contributed by atoms with van der Waals surface area (Å²) < 4.78 is 88.7. The van der Waals surface area contributed by atoms with E-state index in [1.165, 1.54) is 50.6 Å². The summed E-state index contributed by atoms with van der Waals surface area (Å²) in [5.41, 5.74) is 0.0642. The van der Waals surface area contributed by atoms with Gasteiger partial charge in [0.05, 0.1) is 37.2 Å². The van der Waals surface area contributed by atoms with E-state index in [4.69, 9.17) is 25.8 Å². The van der Waals surface area contributed by atoms with Gasteiger partial charge in [-0.1, -0.05) is 24.3 Å². The van der Waals surface area contributed by atoms with Crippen LogP contribution in [0.3, 0.4) is 0 Å². The van der Waals surface area contributed by atoms with Gasteiger partial charge >= 0.3 is 71.1 Å². The normalized spacial score (nSPS) is 13.3. The minimum absolute atomic E-state index is 0. The van der Waals surface area contributed by atoms with Crippen molar-refractivity contribution in [1.82, 2.24) is 29.9 Å². The van der Waals surface area contributed by atoms with E-state index in [1.54, 1.807) is 0 Å². The number of hydrogen-bond acceptors (Lipinski definition) is 18. The summed E-state index contributed by atoms with van der Waals surface area (Å²) >= 11 is 5.84. The van der Waals surface area contributed by atoms with E-state index in [9.17, 15) is 25.9 Å². The van der Waals surface area contributed by atoms with Crippen molar-refractivity contribution in [3.05, 3.63) is 52.8 Å². The molecule has 2 N–H and O–H groups in total. The molecule has 0 saturated carbocycles. The van der Waals surface area contributed by atoms with Crippen molar-refractivity contribution in [2.24, 2.45) is 0 Å². The third-order valence-corrected chi connectivity index (χ3v) is 8.32. The molecule has 0 unspecified atom stereocenters. The Morgan fingerprint density at radius 2 is 1.22 bits per heavy atom. The molecule has 18 nitrogen and oxygen atoms in total. The second-order valence-electron chi connectivity index (χ2n) is 9.46. The van der Waals surface area contributed by atoms with E-state index < -0.39 is 30.0 Å². The Hall–Kier alpha value is -2.73. The van der Waals surface area contributed by atoms with Gasteiger partial charge in [0.25, 0.3) is 0 Å². The van der Waals surface area contributed by atoms with Gasteiger partial charge in [0, 0.05) is 24.5 Å². The second kappa shape index (κ2) is 17.5. The molecule has 0 spiro atoms. The van der Waals surface area contributed by atoms with Crippen molar-refractivity contribution in [1.29, 1.82) is 0 Å². The van der Waals surface area contributed by atoms with E-state index in [2.05, 4.69) is 40.5 Å². The van der Waals surface area contributed by atoms with Gasteiger partial charge in [-0.05, 0) is 47.0 Å². The van der Waals surface area contributed by atoms with Crippen LogP contribution in [0.25, 0.3) is 12.2 Å². The zero-order valence-electron chi connectivity index (χ0n) is 26.4. The van der Waals surface area contributed by atoms with Crippen LogP contribution in [0, 0.1) is 0 Å². The first-order valence-corrected chi connectivity index (χ1v) is 16.5. The standard InChI is InChI=1S/C26H26ClN9O9S2.2Na/c1-43-25-31-21(27)30-22(33-25)28-17-7-5-15(19(13-17)46(37,38)39)3-4-16-6-8-18(14-20(16)47(40,41)42)29-23-32-24(35-26(34-23)44-2)36-9-11-45-12-10-36;;/h3-8,13-14H,9-12H2,1-2H3,(H,37,38,39)(H,40,41,42)(H,28,30,31,33)(H,29,32,34,35);;/q;2*+1/p-2/b4-3+;;. The predicted octanol–water partition coefficient (Wildman–Crippen LogP) is -3.96. The smallest absolute Gasteiger partial charge is 0.744 e. The molecule has 2 aromatic heterocycles. The molecule has 4 aromatic rings. The zero-order valence-corrected chi connectivity index (χ0v) is 32.8. The Morgan fingerprint density at radius 3 is 1.69 bits per heavy atom. The fourth-order valence-electron chi connectivity index (χ4n) is 4.25. The van der Waals surface area contributed by atoms with E-state index >= 15 is 0 Å². The van der Waals surface area contributed by atoms with Gasteiger partial charge in [0.2, 0.25) is 23.1 Å². The van der Waals surface area contributed by atoms with Gasteiger partial charge in [-0.25, -0.2) is 16.8 Å². The van der Waals surface area contributed by atoms with E-state index in [0.29, 0.717) is 32.3 Å². The maximum Gasteiger partial charge on any atom is 1.00 e. The minimum atomic E-state index is -5.05. The third kappa shape index (κ3) is 10.9. The van der Waals surface area contributed by atoms with Crippen LogP contribution >= 0.6 is 11.6 Å². The van der Waals surface area contributed by atoms with Crippen LogP contribution < -0.4 is 84.1 Å². The summed E-state index contributed by atoms with van der Waals surface area (Å²) in [5, 5.41) is 5.36. The van der Waals surface area contributed by atoms with Crippen LogP contribution in [-0.2, 0) is 25.0 Å². The van der Waals surface area contributed by atoms with Crippen LogP contribution in [0.15, 0.2) is 46.2 Å². The van der Waals surface area contributed by atoms with E-state index in [1.807, 2.05) is 4.90 Å². The topological polar surface area (TPSA) is 247 Å². The number of anilines is 5. The Bertz CT molecular complexity index is 2060. The molecule has 1 aliphatic rings. The molecule has 49 heavy (non-hydrogen) atoms. The van der Waals surface area contributed by atoms with Crippen molar-refractivity contribution in [2.75, 3.05) is 56.1 Å². The Labute approximate surface area is 330 Å². The van der Waals surface area contributed by atoms with Gasteiger partial charge in [0.1, 0.15) is 20.2 Å². The summed E-state index contributed by atoms with van der Waals surface area (Å²) in [6.07, 6.45) is 2.37. The number of nitrogens with zero attached hydrogens (tertiary/aromatic N) is 7. The molecule has 1 aliphatic heterocycles. The molecule has 5 rings (SSSR count). The molecule has 1 saturated heterocycles. The molecule has 0 aliphatic carbocycles. The number of nitrogens with one attached hydrogen (secondary N) is 2. The number of rotatable bonds is 11. The zero-order chi connectivity index (χ0) is 33.8. The summed E-state index contributed by atoms with van der Waals surface area (Å²) in [7, 11) is -7.41. The summed E-state index contributed by atoms with van der Waals surface area (Å²) in [6, 6.07) is 7.44. The molecule has 2 aromatic carbocycles. The molecular weight excluding hydrogens is 728 g/mol. The number of morpholine rings is 1. The molecule has 23 heteroatoms. The number of benzene rings is 2. The largest absolute Gasteiger partial charge is 1.00 e. The number of hydrogen-bond donors (Lipinski definition) is 2. The maximum atomic E-state index is 12.3. The SMILES string of the molecule is COc1nc(Cl)nc(Nc2ccc(/C=C/c3ccc(Nc4nc(OC)nc(N5CCOCC5)n4)cc3S(=O)(=O)[O-])c(S(=O)(=O)[O-])c2)n1.[Na+].[Na+]. The third-order valence-electron chi connectivity index (χ3n) is 6.37. The summed E-state index contributed by atoms with van der Waals surface area (Å²) in [4.78, 5) is 24.9. The van der Waals surface area contributed by atoms with E-state index in [-0.39, 0.29) is 111 Å². The molecule has 0 bridgehead atoms. The minimum Gasteiger partial charge on any atom is -0.744 e. The van der Waals surface area contributed by atoms with Crippen LogP contribution in [-0.4, -0.2) is 96.4 Å². The fraction of sp³-hybridized carbons (Fsp3) is 0.231. The fourth-order valence-corrected chi connectivity index (χ4v) is 5.79. The molecular formula is C26H24ClN9Na2O9S2. The monoisotopic (exact) mass is 751 g/mol. The predicted molar refractivity (Wildman–Crippen MR) is 165 cm³/mol. The second-order valence-corrected chi connectivity index (χ2v) is 12.5. The average molecular weight is 752 g/mol. The van der Waals surface area contributed by atoms with Crippen molar-refractivity contribution >= 4 is 73.2 Å². The van der Waals surface area contributed by atoms with Gasteiger partial charge in [-0.2, -0.15) is 29.9 Å². The molecule has 3 heterocycles. The Balaban J connectivity index is 0.00000325. The van der Waals surface area contributed by atoms with E-state index in [0.717, 1.165) is 12.1 Å². The van der Waals surface area contributed by atoms with Gasteiger partial charge in [-0.3, -0.25) is 0 Å². The first kappa shape index (κ1) is 40.7. The van der Waals surface area contributed by atoms with Crippen LogP contribution in [0.5, 0.6) is 12.0 Å². The molecule has 0 radical (unpaired) electrons. The molecule has 0 atom stereocenters. The number of methoxy groups -OCH3 is 2.